The third kappa shape index (κ3) is 4.08. The molecular formula is C13H21N3O3. The van der Waals surface area contributed by atoms with E-state index in [4.69, 9.17) is 4.74 Å². The zero-order chi connectivity index (χ0) is 14.6. The fraction of sp³-hybridized carbons (Fsp3) is 0.615. The van der Waals surface area contributed by atoms with Crippen molar-refractivity contribution < 1.29 is 14.3 Å². The Morgan fingerprint density at radius 2 is 2.05 bits per heavy atom. The summed E-state index contributed by atoms with van der Waals surface area (Å²) in [6.45, 7) is 7.43. The van der Waals surface area contributed by atoms with Crippen LogP contribution in [0, 0.1) is 12.8 Å². The van der Waals surface area contributed by atoms with Crippen molar-refractivity contribution >= 4 is 11.9 Å². The molecule has 1 unspecified atom stereocenters. The molecule has 0 fully saturated rings. The molecule has 1 N–H and O–H groups in total. The number of ether oxygens (including phenoxy) is 1. The van der Waals surface area contributed by atoms with Gasteiger partial charge in [-0.05, 0) is 19.8 Å². The second-order valence-corrected chi connectivity index (χ2v) is 4.94. The van der Waals surface area contributed by atoms with Crippen molar-refractivity contribution in [3.63, 3.8) is 0 Å². The molecule has 0 aliphatic rings. The zero-order valence-corrected chi connectivity index (χ0v) is 12.1. The minimum Gasteiger partial charge on any atom is -0.452 e. The number of aryl methyl sites for hydroxylation is 1. The summed E-state index contributed by atoms with van der Waals surface area (Å²) >= 11 is 0. The average molecular weight is 267 g/mol. The van der Waals surface area contributed by atoms with E-state index in [0.717, 1.165) is 0 Å². The summed E-state index contributed by atoms with van der Waals surface area (Å²) in [5.74, 6) is -0.491. The van der Waals surface area contributed by atoms with Crippen molar-refractivity contribution in [2.24, 2.45) is 13.0 Å². The van der Waals surface area contributed by atoms with E-state index in [1.807, 2.05) is 20.8 Å². The first-order chi connectivity index (χ1) is 8.82. The number of hydrogen-bond acceptors (Lipinski definition) is 4. The lowest BCUT2D eigenvalue weighted by Crippen LogP contribution is -2.38. The van der Waals surface area contributed by atoms with Crippen LogP contribution in [-0.2, 0) is 16.6 Å². The molecule has 19 heavy (non-hydrogen) atoms. The van der Waals surface area contributed by atoms with Gasteiger partial charge in [0.1, 0.15) is 5.56 Å². The van der Waals surface area contributed by atoms with Crippen LogP contribution in [0.5, 0.6) is 0 Å². The number of carbonyl (C=O) groups is 2. The highest BCUT2D eigenvalue weighted by Crippen LogP contribution is 2.07. The minimum absolute atomic E-state index is 0.0475. The van der Waals surface area contributed by atoms with Gasteiger partial charge in [-0.2, -0.15) is 5.10 Å². The largest absolute Gasteiger partial charge is 0.452 e. The van der Waals surface area contributed by atoms with Gasteiger partial charge >= 0.3 is 5.97 Å². The molecule has 1 heterocycles. The van der Waals surface area contributed by atoms with Crippen LogP contribution < -0.4 is 5.32 Å². The number of aromatic nitrogens is 2. The van der Waals surface area contributed by atoms with Crippen LogP contribution >= 0.6 is 0 Å². The van der Waals surface area contributed by atoms with Gasteiger partial charge in [-0.1, -0.05) is 13.8 Å². The molecule has 0 spiro atoms. The van der Waals surface area contributed by atoms with Crippen LogP contribution in [0.15, 0.2) is 6.20 Å². The quantitative estimate of drug-likeness (QED) is 0.809. The van der Waals surface area contributed by atoms with Crippen LogP contribution in [0.3, 0.4) is 0 Å². The van der Waals surface area contributed by atoms with E-state index in [1.54, 1.807) is 18.7 Å². The van der Waals surface area contributed by atoms with E-state index < -0.39 is 5.97 Å². The van der Waals surface area contributed by atoms with E-state index in [-0.39, 0.29) is 18.6 Å². The van der Waals surface area contributed by atoms with Gasteiger partial charge in [-0.15, -0.1) is 0 Å². The fourth-order valence-corrected chi connectivity index (χ4v) is 1.37. The lowest BCUT2D eigenvalue weighted by atomic mass is 10.1. The summed E-state index contributed by atoms with van der Waals surface area (Å²) in [5, 5.41) is 6.72. The van der Waals surface area contributed by atoms with Gasteiger partial charge in [0.25, 0.3) is 5.91 Å². The summed E-state index contributed by atoms with van der Waals surface area (Å²) in [5.41, 5.74) is 1.09. The van der Waals surface area contributed by atoms with Crippen LogP contribution in [0.4, 0.5) is 0 Å². The molecule has 6 heteroatoms. The maximum Gasteiger partial charge on any atom is 0.342 e. The minimum atomic E-state index is -0.530. The molecule has 0 aliphatic heterocycles. The van der Waals surface area contributed by atoms with Crippen molar-refractivity contribution in [2.75, 3.05) is 6.61 Å². The standard InChI is InChI=1S/C13H21N3O3/c1-8(2)9(3)15-12(17)7-19-13(18)11-6-14-16(5)10(11)4/h6,8-9H,7H2,1-5H3,(H,15,17). The highest BCUT2D eigenvalue weighted by molar-refractivity contribution is 5.92. The Morgan fingerprint density at radius 1 is 1.42 bits per heavy atom. The molecule has 1 rings (SSSR count). The smallest absolute Gasteiger partial charge is 0.342 e. The molecule has 1 atom stereocenters. The number of carbonyl (C=O) groups excluding carboxylic acids is 2. The first-order valence-electron chi connectivity index (χ1n) is 6.28. The molecule has 0 saturated carbocycles. The number of nitrogens with zero attached hydrogens (tertiary/aromatic N) is 2. The van der Waals surface area contributed by atoms with E-state index in [1.165, 1.54) is 6.20 Å². The second-order valence-electron chi connectivity index (χ2n) is 4.94. The van der Waals surface area contributed by atoms with E-state index in [0.29, 0.717) is 17.2 Å². The molecule has 0 aromatic carbocycles. The van der Waals surface area contributed by atoms with Crippen molar-refractivity contribution in [3.05, 3.63) is 17.5 Å². The lowest BCUT2D eigenvalue weighted by molar-refractivity contribution is -0.125. The lowest BCUT2D eigenvalue weighted by Gasteiger charge is -2.17. The van der Waals surface area contributed by atoms with Gasteiger partial charge in [0, 0.05) is 18.8 Å². The summed E-state index contributed by atoms with van der Waals surface area (Å²) in [6.07, 6.45) is 1.44. The number of amides is 1. The Hall–Kier alpha value is -1.85. The van der Waals surface area contributed by atoms with E-state index in [9.17, 15) is 9.59 Å². The summed E-state index contributed by atoms with van der Waals surface area (Å²) in [6, 6.07) is 0.0475. The third-order valence-electron chi connectivity index (χ3n) is 3.18. The molecular weight excluding hydrogens is 246 g/mol. The molecule has 1 aromatic rings. The predicted octanol–water partition coefficient (Wildman–Crippen LogP) is 1.05. The predicted molar refractivity (Wildman–Crippen MR) is 70.7 cm³/mol. The Kier molecular flexibility index (Phi) is 5.09. The van der Waals surface area contributed by atoms with Gasteiger partial charge in [-0.3, -0.25) is 9.48 Å². The van der Waals surface area contributed by atoms with Crippen LogP contribution in [0.25, 0.3) is 0 Å². The summed E-state index contributed by atoms with van der Waals surface area (Å²) < 4.78 is 6.54. The highest BCUT2D eigenvalue weighted by Gasteiger charge is 2.17. The van der Waals surface area contributed by atoms with Crippen molar-refractivity contribution in [3.8, 4) is 0 Å². The second kappa shape index (κ2) is 6.36. The van der Waals surface area contributed by atoms with Crippen LogP contribution in [0.2, 0.25) is 0 Å². The van der Waals surface area contributed by atoms with E-state index in [2.05, 4.69) is 10.4 Å². The molecule has 0 aliphatic carbocycles. The number of hydrogen-bond donors (Lipinski definition) is 1. The zero-order valence-electron chi connectivity index (χ0n) is 12.1. The van der Waals surface area contributed by atoms with E-state index >= 15 is 0 Å². The Morgan fingerprint density at radius 3 is 2.53 bits per heavy atom. The number of rotatable bonds is 5. The van der Waals surface area contributed by atoms with Gasteiger partial charge in [-0.25, -0.2) is 4.79 Å². The van der Waals surface area contributed by atoms with Gasteiger partial charge < -0.3 is 10.1 Å². The van der Waals surface area contributed by atoms with Gasteiger partial charge in [0.2, 0.25) is 0 Å². The Bertz CT molecular complexity index is 466. The molecule has 106 valence electrons. The molecule has 0 radical (unpaired) electrons. The normalized spacial score (nSPS) is 12.3. The SMILES string of the molecule is Cc1c(C(=O)OCC(=O)NC(C)C(C)C)cnn1C. The first kappa shape index (κ1) is 15.2. The maximum atomic E-state index is 11.7. The molecule has 1 amide bonds. The maximum absolute atomic E-state index is 11.7. The Labute approximate surface area is 113 Å². The monoisotopic (exact) mass is 267 g/mol. The highest BCUT2D eigenvalue weighted by atomic mass is 16.5. The van der Waals surface area contributed by atoms with Crippen LogP contribution in [-0.4, -0.2) is 34.3 Å². The average Bonchev–Trinajstić information content (AvgIpc) is 2.67. The fourth-order valence-electron chi connectivity index (χ4n) is 1.37. The summed E-state index contributed by atoms with van der Waals surface area (Å²) in [4.78, 5) is 23.3. The van der Waals surface area contributed by atoms with Crippen molar-refractivity contribution in [1.29, 1.82) is 0 Å². The number of esters is 1. The topological polar surface area (TPSA) is 73.2 Å². The van der Waals surface area contributed by atoms with Crippen molar-refractivity contribution in [2.45, 2.75) is 33.7 Å². The number of nitrogens with one attached hydrogen (secondary N) is 1. The molecule has 1 aromatic heterocycles. The van der Waals surface area contributed by atoms with Crippen LogP contribution in [0.1, 0.15) is 36.8 Å². The first-order valence-corrected chi connectivity index (χ1v) is 6.28. The molecule has 0 bridgehead atoms. The van der Waals surface area contributed by atoms with Gasteiger partial charge in [0.15, 0.2) is 6.61 Å². The molecule has 6 nitrogen and oxygen atoms in total. The summed E-state index contributed by atoms with van der Waals surface area (Å²) in [7, 11) is 1.74. The Balaban J connectivity index is 2.47. The van der Waals surface area contributed by atoms with Gasteiger partial charge in [0.05, 0.1) is 6.20 Å². The molecule has 0 saturated heterocycles. The third-order valence-corrected chi connectivity index (χ3v) is 3.18. The van der Waals surface area contributed by atoms with Crippen molar-refractivity contribution in [1.82, 2.24) is 15.1 Å².